The van der Waals surface area contributed by atoms with Crippen LogP contribution in [0.1, 0.15) is 10.8 Å². The zero-order chi connectivity index (χ0) is 15.5. The van der Waals surface area contributed by atoms with Gasteiger partial charge in [-0.3, -0.25) is 0 Å². The highest BCUT2D eigenvalue weighted by atomic mass is 32.2. The summed E-state index contributed by atoms with van der Waals surface area (Å²) in [5, 5.41) is -1.12. The predicted octanol–water partition coefficient (Wildman–Crippen LogP) is 2.31. The molecule has 0 saturated heterocycles. The van der Waals surface area contributed by atoms with Gasteiger partial charge in [-0.2, -0.15) is 0 Å². The molecule has 0 heterocycles. The first-order valence-corrected chi connectivity index (χ1v) is 7.87. The SMILES string of the molecule is COc1ccc(S(=O)(=O)C(CN)c2ccccc2F)cc1. The Morgan fingerprint density at radius 3 is 2.29 bits per heavy atom. The van der Waals surface area contributed by atoms with Crippen molar-refractivity contribution >= 4 is 9.84 Å². The average Bonchev–Trinajstić information content (AvgIpc) is 2.50. The first-order chi connectivity index (χ1) is 10.0. The van der Waals surface area contributed by atoms with Gasteiger partial charge in [-0.15, -0.1) is 0 Å². The molecule has 0 aromatic heterocycles. The van der Waals surface area contributed by atoms with Crippen molar-refractivity contribution < 1.29 is 17.5 Å². The molecule has 2 aromatic rings. The molecular weight excluding hydrogens is 293 g/mol. The van der Waals surface area contributed by atoms with E-state index in [0.29, 0.717) is 5.75 Å². The van der Waals surface area contributed by atoms with Crippen LogP contribution in [0.2, 0.25) is 0 Å². The number of halogens is 1. The second-order valence-electron chi connectivity index (χ2n) is 4.47. The third-order valence-corrected chi connectivity index (χ3v) is 5.35. The van der Waals surface area contributed by atoms with Crippen molar-refractivity contribution in [2.75, 3.05) is 13.7 Å². The second kappa shape index (κ2) is 6.24. The predicted molar refractivity (Wildman–Crippen MR) is 78.4 cm³/mol. The zero-order valence-electron chi connectivity index (χ0n) is 11.5. The number of rotatable bonds is 5. The molecule has 2 N–H and O–H groups in total. The van der Waals surface area contributed by atoms with E-state index in [-0.39, 0.29) is 17.0 Å². The average molecular weight is 309 g/mol. The van der Waals surface area contributed by atoms with Gasteiger partial charge >= 0.3 is 0 Å². The maximum absolute atomic E-state index is 13.9. The molecule has 0 spiro atoms. The molecule has 0 fully saturated rings. The molecule has 2 aromatic carbocycles. The molecule has 0 aliphatic heterocycles. The molecule has 4 nitrogen and oxygen atoms in total. The summed E-state index contributed by atoms with van der Waals surface area (Å²) in [6.45, 7) is -0.199. The fourth-order valence-electron chi connectivity index (χ4n) is 2.09. The number of sulfone groups is 1. The number of benzene rings is 2. The topological polar surface area (TPSA) is 69.4 Å². The van der Waals surface area contributed by atoms with E-state index in [9.17, 15) is 12.8 Å². The van der Waals surface area contributed by atoms with Gasteiger partial charge in [0.05, 0.1) is 12.0 Å². The molecule has 6 heteroatoms. The summed E-state index contributed by atoms with van der Waals surface area (Å²) < 4.78 is 44.1. The lowest BCUT2D eigenvalue weighted by molar-refractivity contribution is 0.414. The lowest BCUT2D eigenvalue weighted by Gasteiger charge is -2.17. The molecule has 0 amide bonds. The van der Waals surface area contributed by atoms with Gasteiger partial charge in [0.2, 0.25) is 0 Å². The molecule has 0 radical (unpaired) electrons. The number of nitrogens with two attached hydrogens (primary N) is 1. The van der Waals surface area contributed by atoms with Crippen LogP contribution in [0.15, 0.2) is 53.4 Å². The fourth-order valence-corrected chi connectivity index (χ4v) is 3.71. The highest BCUT2D eigenvalue weighted by molar-refractivity contribution is 7.91. The van der Waals surface area contributed by atoms with Crippen LogP contribution in [-0.4, -0.2) is 22.1 Å². The van der Waals surface area contributed by atoms with Crippen molar-refractivity contribution in [1.82, 2.24) is 0 Å². The van der Waals surface area contributed by atoms with Crippen LogP contribution in [0.25, 0.3) is 0 Å². The van der Waals surface area contributed by atoms with Crippen molar-refractivity contribution in [1.29, 1.82) is 0 Å². The molecule has 21 heavy (non-hydrogen) atoms. The van der Waals surface area contributed by atoms with E-state index >= 15 is 0 Å². The molecular formula is C15H16FNO3S. The summed E-state index contributed by atoms with van der Waals surface area (Å²) in [4.78, 5) is 0.0852. The normalized spacial score (nSPS) is 12.9. The largest absolute Gasteiger partial charge is 0.497 e. The van der Waals surface area contributed by atoms with E-state index in [2.05, 4.69) is 0 Å². The summed E-state index contributed by atoms with van der Waals surface area (Å²) in [5.41, 5.74) is 5.66. The minimum atomic E-state index is -3.77. The first-order valence-electron chi connectivity index (χ1n) is 6.33. The quantitative estimate of drug-likeness (QED) is 0.920. The summed E-state index contributed by atoms with van der Waals surface area (Å²) in [6.07, 6.45) is 0. The maximum atomic E-state index is 13.9. The van der Waals surface area contributed by atoms with Crippen molar-refractivity contribution in [2.24, 2.45) is 5.73 Å². The zero-order valence-corrected chi connectivity index (χ0v) is 12.3. The lowest BCUT2D eigenvalue weighted by Crippen LogP contribution is -2.23. The Bertz CT molecular complexity index is 714. The van der Waals surface area contributed by atoms with E-state index in [4.69, 9.17) is 10.5 Å². The van der Waals surface area contributed by atoms with Crippen molar-refractivity contribution in [3.05, 3.63) is 59.9 Å². The Morgan fingerprint density at radius 1 is 1.14 bits per heavy atom. The minimum absolute atomic E-state index is 0.0795. The van der Waals surface area contributed by atoms with Gasteiger partial charge in [0.15, 0.2) is 9.84 Å². The Labute approximate surface area is 123 Å². The van der Waals surface area contributed by atoms with Crippen LogP contribution in [0, 0.1) is 5.82 Å². The Balaban J connectivity index is 2.47. The molecule has 0 aliphatic rings. The van der Waals surface area contributed by atoms with Crippen LogP contribution in [0.3, 0.4) is 0 Å². The van der Waals surface area contributed by atoms with Gasteiger partial charge in [-0.25, -0.2) is 12.8 Å². The van der Waals surface area contributed by atoms with E-state index in [1.54, 1.807) is 18.2 Å². The minimum Gasteiger partial charge on any atom is -0.497 e. The lowest BCUT2D eigenvalue weighted by atomic mass is 10.1. The molecule has 1 unspecified atom stereocenters. The van der Waals surface area contributed by atoms with Crippen molar-refractivity contribution in [2.45, 2.75) is 10.1 Å². The van der Waals surface area contributed by atoms with Crippen LogP contribution in [0.5, 0.6) is 5.75 Å². The van der Waals surface area contributed by atoms with Gasteiger partial charge in [-0.05, 0) is 30.3 Å². The molecule has 0 saturated carbocycles. The smallest absolute Gasteiger partial charge is 0.186 e. The van der Waals surface area contributed by atoms with Gasteiger partial charge in [0.1, 0.15) is 16.8 Å². The Kier molecular flexibility index (Phi) is 4.59. The third kappa shape index (κ3) is 3.06. The summed E-state index contributed by atoms with van der Waals surface area (Å²) in [5.74, 6) is -0.0332. The Morgan fingerprint density at radius 2 is 1.76 bits per heavy atom. The van der Waals surface area contributed by atoms with Gasteiger partial charge in [0, 0.05) is 12.1 Å². The van der Waals surface area contributed by atoms with Crippen LogP contribution in [0.4, 0.5) is 4.39 Å². The van der Waals surface area contributed by atoms with Crippen LogP contribution >= 0.6 is 0 Å². The monoisotopic (exact) mass is 309 g/mol. The van der Waals surface area contributed by atoms with E-state index in [1.807, 2.05) is 0 Å². The molecule has 0 aliphatic carbocycles. The summed E-state index contributed by atoms with van der Waals surface area (Å²) in [7, 11) is -2.28. The second-order valence-corrected chi connectivity index (χ2v) is 6.60. The highest BCUT2D eigenvalue weighted by Gasteiger charge is 2.29. The van der Waals surface area contributed by atoms with E-state index < -0.39 is 20.9 Å². The number of ether oxygens (including phenoxy) is 1. The summed E-state index contributed by atoms with van der Waals surface area (Å²) in [6, 6.07) is 11.7. The molecule has 0 bridgehead atoms. The van der Waals surface area contributed by atoms with Gasteiger partial charge < -0.3 is 10.5 Å². The van der Waals surface area contributed by atoms with E-state index in [0.717, 1.165) is 0 Å². The Hall–Kier alpha value is -1.92. The van der Waals surface area contributed by atoms with Crippen molar-refractivity contribution in [3.63, 3.8) is 0 Å². The van der Waals surface area contributed by atoms with Crippen LogP contribution in [-0.2, 0) is 9.84 Å². The number of hydrogen-bond donors (Lipinski definition) is 1. The van der Waals surface area contributed by atoms with Gasteiger partial charge in [0.25, 0.3) is 0 Å². The standard InChI is InChI=1S/C15H16FNO3S/c1-20-11-6-8-12(9-7-11)21(18,19)15(10-17)13-4-2-3-5-14(13)16/h2-9,15H,10,17H2,1H3. The number of methoxy groups -OCH3 is 1. The van der Waals surface area contributed by atoms with Crippen LogP contribution < -0.4 is 10.5 Å². The first kappa shape index (κ1) is 15.5. The van der Waals surface area contributed by atoms with Crippen molar-refractivity contribution in [3.8, 4) is 5.75 Å². The highest BCUT2D eigenvalue weighted by Crippen LogP contribution is 2.30. The third-order valence-electron chi connectivity index (χ3n) is 3.23. The molecule has 2 rings (SSSR count). The maximum Gasteiger partial charge on any atom is 0.186 e. The molecule has 1 atom stereocenters. The molecule has 112 valence electrons. The van der Waals surface area contributed by atoms with Gasteiger partial charge in [-0.1, -0.05) is 18.2 Å². The fraction of sp³-hybridized carbons (Fsp3) is 0.200. The number of hydrogen-bond acceptors (Lipinski definition) is 4. The van der Waals surface area contributed by atoms with E-state index in [1.165, 1.54) is 37.4 Å². The summed E-state index contributed by atoms with van der Waals surface area (Å²) >= 11 is 0.